The fraction of sp³-hybridized carbons (Fsp3) is 1.00. The molecule has 0 aliphatic carbocycles. The molecular weight excluding hydrogens is 122 g/mol. The van der Waals surface area contributed by atoms with Crippen LogP contribution in [0.2, 0.25) is 0 Å². The van der Waals surface area contributed by atoms with Crippen LogP contribution >= 0.6 is 0 Å². The Kier molecular flexibility index (Phi) is 3.72. The minimum absolute atomic E-state index is 0.411. The van der Waals surface area contributed by atoms with Crippen molar-refractivity contribution in [1.82, 2.24) is 0 Å². The van der Waals surface area contributed by atoms with Crippen molar-refractivity contribution in [3.05, 3.63) is 0 Å². The van der Waals surface area contributed by atoms with Gasteiger partial charge in [0.25, 0.3) is 0 Å². The molecule has 0 aliphatic rings. The van der Waals surface area contributed by atoms with E-state index in [0.29, 0.717) is 0 Å². The molecule has 0 saturated carbocycles. The van der Waals surface area contributed by atoms with Crippen LogP contribution in [0.25, 0.3) is 0 Å². The van der Waals surface area contributed by atoms with Crippen LogP contribution in [-0.4, -0.2) is 40.2 Å². The van der Waals surface area contributed by atoms with E-state index in [1.165, 1.54) is 6.92 Å². The lowest BCUT2D eigenvalue weighted by Crippen LogP contribution is -2.45. The fourth-order valence-corrected chi connectivity index (χ4v) is 0.443. The number of aliphatic hydroxyl groups excluding tert-OH is 3. The van der Waals surface area contributed by atoms with Crippen molar-refractivity contribution in [2.45, 2.75) is 25.2 Å². The molecule has 9 heavy (non-hydrogen) atoms. The maximum Gasteiger partial charge on any atom is 0.0946 e. The summed E-state index contributed by atoms with van der Waals surface area (Å²) in [5.74, 6) is 0. The van der Waals surface area contributed by atoms with Gasteiger partial charge < -0.3 is 21.1 Å². The Morgan fingerprint density at radius 1 is 1.44 bits per heavy atom. The van der Waals surface area contributed by atoms with Crippen molar-refractivity contribution in [1.29, 1.82) is 0 Å². The number of aliphatic hydroxyl groups is 3. The lowest BCUT2D eigenvalue weighted by molar-refractivity contribution is 0.0278. The quantitative estimate of drug-likeness (QED) is 0.362. The zero-order valence-corrected chi connectivity index (χ0v) is 5.36. The minimum Gasteiger partial charge on any atom is -0.394 e. The van der Waals surface area contributed by atoms with Gasteiger partial charge in [-0.2, -0.15) is 0 Å². The minimum atomic E-state index is -1.02. The summed E-state index contributed by atoms with van der Waals surface area (Å²) in [5, 5.41) is 25.8. The molecule has 0 amide bonds. The molecule has 0 aromatic carbocycles. The van der Waals surface area contributed by atoms with Gasteiger partial charge in [-0.3, -0.25) is 0 Å². The van der Waals surface area contributed by atoms with Crippen LogP contribution in [0.4, 0.5) is 0 Å². The molecule has 4 nitrogen and oxygen atoms in total. The van der Waals surface area contributed by atoms with Gasteiger partial charge in [0.1, 0.15) is 0 Å². The zero-order chi connectivity index (χ0) is 7.44. The van der Waals surface area contributed by atoms with E-state index in [4.69, 9.17) is 21.1 Å². The van der Waals surface area contributed by atoms with Gasteiger partial charge in [-0.25, -0.2) is 0 Å². The maximum atomic E-state index is 8.76. The Hall–Kier alpha value is -0.160. The molecule has 5 N–H and O–H groups in total. The molecule has 3 unspecified atom stereocenters. The van der Waals surface area contributed by atoms with Crippen LogP contribution in [0.1, 0.15) is 6.92 Å². The van der Waals surface area contributed by atoms with E-state index in [1.54, 1.807) is 0 Å². The first-order chi connectivity index (χ1) is 4.09. The largest absolute Gasteiger partial charge is 0.394 e. The number of rotatable bonds is 3. The van der Waals surface area contributed by atoms with Gasteiger partial charge in [0.2, 0.25) is 0 Å². The highest BCUT2D eigenvalue weighted by molar-refractivity contribution is 4.75. The Labute approximate surface area is 53.9 Å². The Balaban J connectivity index is 3.58. The molecule has 3 atom stereocenters. The van der Waals surface area contributed by atoms with Gasteiger partial charge in [0, 0.05) is 0 Å². The first-order valence-electron chi connectivity index (χ1n) is 2.82. The van der Waals surface area contributed by atoms with Crippen LogP contribution in [-0.2, 0) is 0 Å². The summed E-state index contributed by atoms with van der Waals surface area (Å²) in [5.41, 5.74) is 5.21. The molecule has 0 aromatic rings. The SMILES string of the molecule is CC(O)C(N)C(O)CO. The smallest absolute Gasteiger partial charge is 0.0946 e. The van der Waals surface area contributed by atoms with Gasteiger partial charge in [0.05, 0.1) is 24.9 Å². The predicted molar refractivity (Wildman–Crippen MR) is 32.7 cm³/mol. The highest BCUT2D eigenvalue weighted by Gasteiger charge is 2.17. The first kappa shape index (κ1) is 8.84. The molecule has 0 bridgehead atoms. The lowest BCUT2D eigenvalue weighted by atomic mass is 10.1. The molecule has 0 spiro atoms. The molecule has 0 heterocycles. The highest BCUT2D eigenvalue weighted by Crippen LogP contribution is 1.94. The average Bonchev–Trinajstić information content (AvgIpc) is 1.84. The van der Waals surface area contributed by atoms with Gasteiger partial charge in [-0.15, -0.1) is 0 Å². The Morgan fingerprint density at radius 2 is 1.89 bits per heavy atom. The normalized spacial score (nSPS) is 21.0. The Bertz CT molecular complexity index is 76.6. The molecule has 0 aromatic heterocycles. The van der Waals surface area contributed by atoms with Crippen molar-refractivity contribution < 1.29 is 15.3 Å². The second-order valence-electron chi connectivity index (χ2n) is 2.07. The third-order valence-electron chi connectivity index (χ3n) is 1.19. The second-order valence-corrected chi connectivity index (χ2v) is 2.07. The van der Waals surface area contributed by atoms with E-state index in [1.807, 2.05) is 0 Å². The topological polar surface area (TPSA) is 86.7 Å². The number of nitrogens with two attached hydrogens (primary N) is 1. The summed E-state index contributed by atoms with van der Waals surface area (Å²) in [6, 6.07) is -0.755. The monoisotopic (exact) mass is 135 g/mol. The molecule has 0 radical (unpaired) electrons. The van der Waals surface area contributed by atoms with E-state index in [-0.39, 0.29) is 0 Å². The molecule has 4 heteroatoms. The summed E-state index contributed by atoms with van der Waals surface area (Å²) in [4.78, 5) is 0. The summed E-state index contributed by atoms with van der Waals surface area (Å²) in [6.07, 6.45) is -1.81. The highest BCUT2D eigenvalue weighted by atomic mass is 16.3. The second kappa shape index (κ2) is 3.79. The van der Waals surface area contributed by atoms with Crippen molar-refractivity contribution >= 4 is 0 Å². The van der Waals surface area contributed by atoms with Crippen LogP contribution in [0.15, 0.2) is 0 Å². The molecular formula is C5H13NO3. The molecule has 0 saturated heterocycles. The van der Waals surface area contributed by atoms with E-state index >= 15 is 0 Å². The molecule has 0 fully saturated rings. The molecule has 56 valence electrons. The van der Waals surface area contributed by atoms with Crippen LogP contribution in [0, 0.1) is 0 Å². The van der Waals surface area contributed by atoms with Gasteiger partial charge >= 0.3 is 0 Å². The average molecular weight is 135 g/mol. The third kappa shape index (κ3) is 2.76. The standard InChI is InChI=1S/C5H13NO3/c1-3(8)5(6)4(9)2-7/h3-5,7-9H,2,6H2,1H3. The van der Waals surface area contributed by atoms with E-state index in [9.17, 15) is 0 Å². The van der Waals surface area contributed by atoms with Gasteiger partial charge in [0.15, 0.2) is 0 Å². The van der Waals surface area contributed by atoms with E-state index < -0.39 is 24.9 Å². The number of hydrogen-bond acceptors (Lipinski definition) is 4. The summed E-state index contributed by atoms with van der Waals surface area (Å²) in [6.45, 7) is 1.05. The van der Waals surface area contributed by atoms with Gasteiger partial charge in [-0.1, -0.05) is 0 Å². The zero-order valence-electron chi connectivity index (χ0n) is 5.36. The van der Waals surface area contributed by atoms with Crippen molar-refractivity contribution in [3.63, 3.8) is 0 Å². The molecule has 0 rings (SSSR count). The first-order valence-corrected chi connectivity index (χ1v) is 2.82. The number of hydrogen-bond donors (Lipinski definition) is 4. The third-order valence-corrected chi connectivity index (χ3v) is 1.19. The summed E-state index contributed by atoms with van der Waals surface area (Å²) in [7, 11) is 0. The summed E-state index contributed by atoms with van der Waals surface area (Å²) >= 11 is 0. The van der Waals surface area contributed by atoms with E-state index in [2.05, 4.69) is 0 Å². The predicted octanol–water partition coefficient (Wildman–Crippen LogP) is -1.95. The van der Waals surface area contributed by atoms with Crippen LogP contribution < -0.4 is 5.73 Å². The van der Waals surface area contributed by atoms with Crippen molar-refractivity contribution in [2.24, 2.45) is 5.73 Å². The van der Waals surface area contributed by atoms with Crippen LogP contribution in [0.3, 0.4) is 0 Å². The van der Waals surface area contributed by atoms with Crippen molar-refractivity contribution in [2.75, 3.05) is 6.61 Å². The van der Waals surface area contributed by atoms with Crippen LogP contribution in [0.5, 0.6) is 0 Å². The summed E-state index contributed by atoms with van der Waals surface area (Å²) < 4.78 is 0. The van der Waals surface area contributed by atoms with Gasteiger partial charge in [-0.05, 0) is 6.92 Å². The maximum absolute atomic E-state index is 8.76. The molecule has 0 aliphatic heterocycles. The van der Waals surface area contributed by atoms with Crippen molar-refractivity contribution in [3.8, 4) is 0 Å². The van der Waals surface area contributed by atoms with E-state index in [0.717, 1.165) is 0 Å². The fourth-order valence-electron chi connectivity index (χ4n) is 0.443. The lowest BCUT2D eigenvalue weighted by Gasteiger charge is -2.18. The Morgan fingerprint density at radius 3 is 2.00 bits per heavy atom.